The second-order valence-corrected chi connectivity index (χ2v) is 7.86. The fraction of sp³-hybridized carbons (Fsp3) is 0.417. The fourth-order valence-corrected chi connectivity index (χ4v) is 3.88. The van der Waals surface area contributed by atoms with Gasteiger partial charge in [0.25, 0.3) is 0 Å². The molecule has 0 atom stereocenters. The number of nitrogens with zero attached hydrogens (tertiary/aromatic N) is 2. The lowest BCUT2D eigenvalue weighted by Gasteiger charge is -2.30. The van der Waals surface area contributed by atoms with Crippen LogP contribution >= 0.6 is 0 Å². The van der Waals surface area contributed by atoms with E-state index in [1.165, 1.54) is 5.56 Å². The van der Waals surface area contributed by atoms with Crippen LogP contribution in [0.25, 0.3) is 0 Å². The summed E-state index contributed by atoms with van der Waals surface area (Å²) < 4.78 is 0. The van der Waals surface area contributed by atoms with Crippen LogP contribution in [0, 0.1) is 5.92 Å². The molecule has 30 heavy (non-hydrogen) atoms. The average Bonchev–Trinajstić information content (AvgIpc) is 2.78. The third-order valence-electron chi connectivity index (χ3n) is 5.78. The minimum Gasteiger partial charge on any atom is -0.369 e. The number of para-hydroxylation sites is 1. The quantitative estimate of drug-likeness (QED) is 0.669. The molecule has 3 N–H and O–H groups in total. The number of primary amides is 1. The van der Waals surface area contributed by atoms with Gasteiger partial charge in [-0.15, -0.1) is 0 Å². The summed E-state index contributed by atoms with van der Waals surface area (Å²) in [5.74, 6) is -0.154. The first kappa shape index (κ1) is 21.8. The number of benzene rings is 2. The highest BCUT2D eigenvalue weighted by Gasteiger charge is 2.22. The number of carbonyl (C=O) groups is 2. The molecule has 0 unspecified atom stereocenters. The van der Waals surface area contributed by atoms with Crippen LogP contribution in [0.15, 0.2) is 54.6 Å². The predicted molar refractivity (Wildman–Crippen MR) is 121 cm³/mol. The molecule has 6 heteroatoms. The monoisotopic (exact) mass is 408 g/mol. The maximum absolute atomic E-state index is 12.5. The molecule has 1 aliphatic rings. The minimum atomic E-state index is -0.168. The molecule has 0 radical (unpaired) electrons. The summed E-state index contributed by atoms with van der Waals surface area (Å²) >= 11 is 0. The van der Waals surface area contributed by atoms with E-state index < -0.39 is 0 Å². The van der Waals surface area contributed by atoms with Crippen molar-refractivity contribution < 1.29 is 9.59 Å². The number of carbonyl (C=O) groups excluding carboxylic acids is 2. The largest absolute Gasteiger partial charge is 0.369 e. The zero-order chi connectivity index (χ0) is 21.3. The Morgan fingerprint density at radius 3 is 2.33 bits per heavy atom. The number of nitrogens with one attached hydrogen (secondary N) is 1. The zero-order valence-electron chi connectivity index (χ0n) is 17.7. The number of nitrogens with two attached hydrogens (primary N) is 1. The molecule has 1 fully saturated rings. The van der Waals surface area contributed by atoms with Crippen molar-refractivity contribution in [3.63, 3.8) is 0 Å². The molecule has 1 saturated heterocycles. The van der Waals surface area contributed by atoms with Crippen LogP contribution in [0.2, 0.25) is 0 Å². The molecule has 1 aliphatic heterocycles. The van der Waals surface area contributed by atoms with Gasteiger partial charge in [0.05, 0.1) is 6.54 Å². The molecule has 0 aliphatic carbocycles. The Kier molecular flexibility index (Phi) is 7.85. The van der Waals surface area contributed by atoms with E-state index in [2.05, 4.69) is 22.3 Å². The van der Waals surface area contributed by atoms with Crippen molar-refractivity contribution >= 4 is 23.2 Å². The minimum absolute atomic E-state index is 0.0224. The molecular weight excluding hydrogens is 376 g/mol. The highest BCUT2D eigenvalue weighted by molar-refractivity contribution is 5.94. The van der Waals surface area contributed by atoms with Crippen LogP contribution in [0.1, 0.15) is 25.3 Å². The maximum Gasteiger partial charge on any atom is 0.243 e. The van der Waals surface area contributed by atoms with Crippen molar-refractivity contribution in [3.8, 4) is 0 Å². The van der Waals surface area contributed by atoms with Crippen LogP contribution in [0.4, 0.5) is 11.4 Å². The Balaban J connectivity index is 1.44. The molecular formula is C24H32N4O2. The summed E-state index contributed by atoms with van der Waals surface area (Å²) in [4.78, 5) is 28.2. The predicted octanol–water partition coefficient (Wildman–Crippen LogP) is 2.89. The van der Waals surface area contributed by atoms with Gasteiger partial charge < -0.3 is 20.9 Å². The standard InChI is InChI=1S/C24H32N4O2/c1-2-28(22-6-4-3-5-7-22)18-23(29)26-21-10-8-19(9-11-21)12-15-27-16-13-20(14-17-27)24(25)30/h3-11,20H,2,12-18H2,1H3,(H2,25,30)(H,26,29). The van der Waals surface area contributed by atoms with Gasteiger partial charge in [-0.25, -0.2) is 0 Å². The summed E-state index contributed by atoms with van der Waals surface area (Å²) in [6, 6.07) is 18.0. The second-order valence-electron chi connectivity index (χ2n) is 7.86. The Labute approximate surface area is 179 Å². The molecule has 2 amide bonds. The number of amides is 2. The number of anilines is 2. The van der Waals surface area contributed by atoms with Gasteiger partial charge in [0.15, 0.2) is 0 Å². The Hall–Kier alpha value is -2.86. The smallest absolute Gasteiger partial charge is 0.243 e. The van der Waals surface area contributed by atoms with Gasteiger partial charge in [0.1, 0.15) is 0 Å². The number of hydrogen-bond acceptors (Lipinski definition) is 4. The van der Waals surface area contributed by atoms with E-state index in [0.29, 0.717) is 6.54 Å². The third kappa shape index (κ3) is 6.32. The molecule has 160 valence electrons. The van der Waals surface area contributed by atoms with Crippen LogP contribution in [-0.4, -0.2) is 49.4 Å². The normalized spacial score (nSPS) is 15.0. The molecule has 0 spiro atoms. The Morgan fingerprint density at radius 1 is 1.07 bits per heavy atom. The highest BCUT2D eigenvalue weighted by atomic mass is 16.2. The van der Waals surface area contributed by atoms with Crippen molar-refractivity contribution in [2.24, 2.45) is 11.7 Å². The van der Waals surface area contributed by atoms with E-state index in [0.717, 1.165) is 56.8 Å². The number of piperidine rings is 1. The van der Waals surface area contributed by atoms with Gasteiger partial charge in [-0.1, -0.05) is 30.3 Å². The summed E-state index contributed by atoms with van der Waals surface area (Å²) in [5, 5.41) is 2.99. The summed E-state index contributed by atoms with van der Waals surface area (Å²) in [7, 11) is 0. The van der Waals surface area contributed by atoms with Gasteiger partial charge in [-0.2, -0.15) is 0 Å². The van der Waals surface area contributed by atoms with Crippen molar-refractivity contribution in [2.45, 2.75) is 26.2 Å². The molecule has 0 saturated carbocycles. The zero-order valence-corrected chi connectivity index (χ0v) is 17.7. The van der Waals surface area contributed by atoms with Gasteiger partial charge in [0.2, 0.25) is 11.8 Å². The Bertz CT molecular complexity index is 815. The summed E-state index contributed by atoms with van der Waals surface area (Å²) in [5.41, 5.74) is 8.50. The number of rotatable bonds is 9. The lowest BCUT2D eigenvalue weighted by Crippen LogP contribution is -2.39. The lowest BCUT2D eigenvalue weighted by atomic mass is 9.96. The number of likely N-dealkylation sites (tertiary alicyclic amines) is 1. The van der Waals surface area contributed by atoms with Crippen LogP contribution in [-0.2, 0) is 16.0 Å². The van der Waals surface area contributed by atoms with Gasteiger partial charge in [0, 0.05) is 30.4 Å². The molecule has 3 rings (SSSR count). The Morgan fingerprint density at radius 2 is 1.73 bits per heavy atom. The van der Waals surface area contributed by atoms with E-state index in [-0.39, 0.29) is 17.7 Å². The second kappa shape index (κ2) is 10.8. The maximum atomic E-state index is 12.5. The van der Waals surface area contributed by atoms with Gasteiger partial charge >= 0.3 is 0 Å². The average molecular weight is 409 g/mol. The van der Waals surface area contributed by atoms with Crippen LogP contribution < -0.4 is 16.0 Å². The topological polar surface area (TPSA) is 78.7 Å². The molecule has 2 aromatic carbocycles. The van der Waals surface area contributed by atoms with Gasteiger partial charge in [-0.3, -0.25) is 9.59 Å². The molecule has 6 nitrogen and oxygen atoms in total. The van der Waals surface area contributed by atoms with E-state index in [1.54, 1.807) is 0 Å². The molecule has 0 bridgehead atoms. The van der Waals surface area contributed by atoms with Crippen molar-refractivity contribution in [1.82, 2.24) is 4.90 Å². The lowest BCUT2D eigenvalue weighted by molar-refractivity contribution is -0.123. The summed E-state index contributed by atoms with van der Waals surface area (Å²) in [6.45, 7) is 5.97. The molecule has 1 heterocycles. The summed E-state index contributed by atoms with van der Waals surface area (Å²) in [6.07, 6.45) is 2.67. The van der Waals surface area contributed by atoms with Crippen LogP contribution in [0.3, 0.4) is 0 Å². The fourth-order valence-electron chi connectivity index (χ4n) is 3.88. The van der Waals surface area contributed by atoms with E-state index in [4.69, 9.17) is 5.73 Å². The van der Waals surface area contributed by atoms with E-state index >= 15 is 0 Å². The molecule has 0 aromatic heterocycles. The number of likely N-dealkylation sites (N-methyl/N-ethyl adjacent to an activating group) is 1. The highest BCUT2D eigenvalue weighted by Crippen LogP contribution is 2.18. The van der Waals surface area contributed by atoms with Gasteiger partial charge in [-0.05, 0) is 69.1 Å². The first-order chi connectivity index (χ1) is 14.5. The van der Waals surface area contributed by atoms with E-state index in [1.807, 2.05) is 54.3 Å². The first-order valence-electron chi connectivity index (χ1n) is 10.8. The van der Waals surface area contributed by atoms with Crippen LogP contribution in [0.5, 0.6) is 0 Å². The number of hydrogen-bond donors (Lipinski definition) is 2. The third-order valence-corrected chi connectivity index (χ3v) is 5.78. The van der Waals surface area contributed by atoms with Crippen molar-refractivity contribution in [2.75, 3.05) is 42.9 Å². The molecule has 2 aromatic rings. The van der Waals surface area contributed by atoms with Crippen molar-refractivity contribution in [3.05, 3.63) is 60.2 Å². The van der Waals surface area contributed by atoms with Crippen molar-refractivity contribution in [1.29, 1.82) is 0 Å². The van der Waals surface area contributed by atoms with E-state index in [9.17, 15) is 9.59 Å². The SMILES string of the molecule is CCN(CC(=O)Nc1ccc(CCN2CCC(C(N)=O)CC2)cc1)c1ccccc1. The first-order valence-corrected chi connectivity index (χ1v) is 10.8.